The van der Waals surface area contributed by atoms with E-state index in [-0.39, 0.29) is 5.92 Å². The lowest BCUT2D eigenvalue weighted by Crippen LogP contribution is -2.39. The molecule has 0 aromatic carbocycles. The molecule has 19 heavy (non-hydrogen) atoms. The van der Waals surface area contributed by atoms with Crippen LogP contribution in [0.4, 0.5) is 0 Å². The van der Waals surface area contributed by atoms with Gasteiger partial charge in [-0.2, -0.15) is 4.98 Å². The first-order chi connectivity index (χ1) is 9.38. The van der Waals surface area contributed by atoms with E-state index >= 15 is 0 Å². The Hall–Kier alpha value is -1.79. The fraction of sp³-hybridized carbons (Fsp3) is 0.462. The van der Waals surface area contributed by atoms with Crippen LogP contribution in [0.2, 0.25) is 0 Å². The molecular weight excluding hydrogens is 244 g/mol. The third-order valence-electron chi connectivity index (χ3n) is 3.41. The Labute approximate surface area is 111 Å². The van der Waals surface area contributed by atoms with Crippen LogP contribution in [0.3, 0.4) is 0 Å². The second-order valence-electron chi connectivity index (χ2n) is 4.56. The van der Waals surface area contributed by atoms with E-state index in [4.69, 9.17) is 9.26 Å². The fourth-order valence-electron chi connectivity index (χ4n) is 2.32. The minimum Gasteiger partial charge on any atom is -0.381 e. The maximum atomic E-state index is 5.50. The topological polar surface area (TPSA) is 73.1 Å². The number of hydrogen-bond acceptors (Lipinski definition) is 6. The Kier molecular flexibility index (Phi) is 3.52. The smallest absolute Gasteiger partial charge is 0.233 e. The standard InChI is InChI=1S/C13H16N4O2/c1-14-11-4-6-18-8-10(11)13-16-12(17-19-13)9-3-2-5-15-7-9/h2-3,5,7,10-11,14H,4,6,8H2,1H3. The molecule has 2 aromatic rings. The summed E-state index contributed by atoms with van der Waals surface area (Å²) in [6.45, 7) is 1.38. The lowest BCUT2D eigenvalue weighted by atomic mass is 9.96. The molecule has 1 fully saturated rings. The summed E-state index contributed by atoms with van der Waals surface area (Å²) in [5.74, 6) is 1.30. The van der Waals surface area contributed by atoms with Gasteiger partial charge in [0.25, 0.3) is 0 Å². The molecule has 100 valence electrons. The fourth-order valence-corrected chi connectivity index (χ4v) is 2.32. The van der Waals surface area contributed by atoms with Crippen molar-refractivity contribution in [1.29, 1.82) is 0 Å². The zero-order valence-electron chi connectivity index (χ0n) is 10.7. The first kappa shape index (κ1) is 12.3. The van der Waals surface area contributed by atoms with Gasteiger partial charge in [0.05, 0.1) is 12.5 Å². The number of ether oxygens (including phenoxy) is 1. The molecule has 3 heterocycles. The quantitative estimate of drug-likeness (QED) is 0.894. The zero-order chi connectivity index (χ0) is 13.1. The molecule has 2 aromatic heterocycles. The van der Waals surface area contributed by atoms with Gasteiger partial charge >= 0.3 is 0 Å². The van der Waals surface area contributed by atoms with E-state index in [1.54, 1.807) is 12.4 Å². The van der Waals surface area contributed by atoms with E-state index in [9.17, 15) is 0 Å². The monoisotopic (exact) mass is 260 g/mol. The van der Waals surface area contributed by atoms with Crippen molar-refractivity contribution in [2.24, 2.45) is 0 Å². The number of aromatic nitrogens is 3. The van der Waals surface area contributed by atoms with Crippen LogP contribution in [0.1, 0.15) is 18.2 Å². The van der Waals surface area contributed by atoms with Crippen molar-refractivity contribution >= 4 is 0 Å². The summed E-state index contributed by atoms with van der Waals surface area (Å²) in [7, 11) is 1.95. The number of pyridine rings is 1. The summed E-state index contributed by atoms with van der Waals surface area (Å²) in [5.41, 5.74) is 0.857. The molecule has 0 amide bonds. The van der Waals surface area contributed by atoms with Gasteiger partial charge in [-0.25, -0.2) is 0 Å². The van der Waals surface area contributed by atoms with Crippen molar-refractivity contribution in [3.05, 3.63) is 30.4 Å². The maximum Gasteiger partial charge on any atom is 0.233 e. The molecule has 0 radical (unpaired) electrons. The lowest BCUT2D eigenvalue weighted by molar-refractivity contribution is 0.0516. The minimum absolute atomic E-state index is 0.108. The highest BCUT2D eigenvalue weighted by Gasteiger charge is 2.30. The van der Waals surface area contributed by atoms with Gasteiger partial charge in [0, 0.05) is 30.6 Å². The molecule has 6 heteroatoms. The molecule has 0 spiro atoms. The van der Waals surface area contributed by atoms with Crippen LogP contribution in [0.25, 0.3) is 11.4 Å². The Morgan fingerprint density at radius 1 is 1.42 bits per heavy atom. The van der Waals surface area contributed by atoms with Crippen LogP contribution in [0.15, 0.2) is 29.0 Å². The first-order valence-electron chi connectivity index (χ1n) is 6.37. The van der Waals surface area contributed by atoms with Crippen LogP contribution in [0, 0.1) is 0 Å². The lowest BCUT2D eigenvalue weighted by Gasteiger charge is -2.28. The second-order valence-corrected chi connectivity index (χ2v) is 4.56. The predicted octanol–water partition coefficient (Wildman–Crippen LogP) is 1.22. The molecule has 0 aliphatic carbocycles. The van der Waals surface area contributed by atoms with Gasteiger partial charge in [0.15, 0.2) is 0 Å². The van der Waals surface area contributed by atoms with Crippen LogP contribution < -0.4 is 5.32 Å². The third-order valence-corrected chi connectivity index (χ3v) is 3.41. The molecule has 1 saturated heterocycles. The van der Waals surface area contributed by atoms with Crippen molar-refractivity contribution in [2.45, 2.75) is 18.4 Å². The van der Waals surface area contributed by atoms with E-state index in [1.165, 1.54) is 0 Å². The Morgan fingerprint density at radius 3 is 3.16 bits per heavy atom. The average Bonchev–Trinajstić information content (AvgIpc) is 2.98. The van der Waals surface area contributed by atoms with Gasteiger partial charge < -0.3 is 14.6 Å². The molecule has 1 aliphatic heterocycles. The molecule has 2 atom stereocenters. The number of likely N-dealkylation sites (N-methyl/N-ethyl adjacent to an activating group) is 1. The van der Waals surface area contributed by atoms with Gasteiger partial charge in [-0.1, -0.05) is 5.16 Å². The van der Waals surface area contributed by atoms with Crippen molar-refractivity contribution in [1.82, 2.24) is 20.4 Å². The molecule has 6 nitrogen and oxygen atoms in total. The number of hydrogen-bond donors (Lipinski definition) is 1. The molecule has 1 N–H and O–H groups in total. The predicted molar refractivity (Wildman–Crippen MR) is 68.6 cm³/mol. The van der Waals surface area contributed by atoms with Gasteiger partial charge in [-0.15, -0.1) is 0 Å². The highest BCUT2D eigenvalue weighted by Crippen LogP contribution is 2.26. The summed E-state index contributed by atoms with van der Waals surface area (Å²) < 4.78 is 10.9. The second kappa shape index (κ2) is 5.46. The van der Waals surface area contributed by atoms with Crippen LogP contribution in [0.5, 0.6) is 0 Å². The van der Waals surface area contributed by atoms with Gasteiger partial charge in [0.1, 0.15) is 0 Å². The highest BCUT2D eigenvalue weighted by atomic mass is 16.5. The maximum absolute atomic E-state index is 5.50. The molecule has 0 saturated carbocycles. The van der Waals surface area contributed by atoms with Crippen molar-refractivity contribution in [3.63, 3.8) is 0 Å². The van der Waals surface area contributed by atoms with Crippen LogP contribution >= 0.6 is 0 Å². The highest BCUT2D eigenvalue weighted by molar-refractivity contribution is 5.51. The van der Waals surface area contributed by atoms with Crippen molar-refractivity contribution in [3.8, 4) is 11.4 Å². The van der Waals surface area contributed by atoms with E-state index < -0.39 is 0 Å². The summed E-state index contributed by atoms with van der Waals surface area (Å²) in [4.78, 5) is 8.52. The Balaban J connectivity index is 1.84. The number of rotatable bonds is 3. The van der Waals surface area contributed by atoms with Crippen molar-refractivity contribution < 1.29 is 9.26 Å². The third kappa shape index (κ3) is 2.50. The van der Waals surface area contributed by atoms with E-state index in [1.807, 2.05) is 19.2 Å². The molecular formula is C13H16N4O2. The van der Waals surface area contributed by atoms with Gasteiger partial charge in [-0.05, 0) is 25.6 Å². The van der Waals surface area contributed by atoms with E-state index in [0.717, 1.165) is 18.6 Å². The summed E-state index contributed by atoms with van der Waals surface area (Å²) in [5, 5.41) is 7.30. The normalized spacial score (nSPS) is 23.4. The zero-order valence-corrected chi connectivity index (χ0v) is 10.7. The van der Waals surface area contributed by atoms with Crippen LogP contribution in [-0.2, 0) is 4.74 Å². The Morgan fingerprint density at radius 2 is 2.37 bits per heavy atom. The molecule has 3 rings (SSSR count). The number of nitrogens with zero attached hydrogens (tertiary/aromatic N) is 3. The summed E-state index contributed by atoms with van der Waals surface area (Å²) >= 11 is 0. The molecule has 1 aliphatic rings. The summed E-state index contributed by atoms with van der Waals surface area (Å²) in [6, 6.07) is 4.08. The largest absolute Gasteiger partial charge is 0.381 e. The first-order valence-corrected chi connectivity index (χ1v) is 6.37. The SMILES string of the molecule is CNC1CCOCC1c1nc(-c2cccnc2)no1. The van der Waals surface area contributed by atoms with E-state index in [2.05, 4.69) is 20.4 Å². The number of nitrogens with one attached hydrogen (secondary N) is 1. The summed E-state index contributed by atoms with van der Waals surface area (Å²) in [6.07, 6.45) is 4.39. The Bertz CT molecular complexity index is 528. The van der Waals surface area contributed by atoms with Crippen molar-refractivity contribution in [2.75, 3.05) is 20.3 Å². The van der Waals surface area contributed by atoms with Gasteiger partial charge in [-0.3, -0.25) is 4.98 Å². The average molecular weight is 260 g/mol. The molecule has 0 bridgehead atoms. The molecule has 2 unspecified atom stereocenters. The van der Waals surface area contributed by atoms with Crippen LogP contribution in [-0.4, -0.2) is 41.4 Å². The minimum atomic E-state index is 0.108. The van der Waals surface area contributed by atoms with E-state index in [0.29, 0.717) is 24.4 Å². The van der Waals surface area contributed by atoms with Gasteiger partial charge in [0.2, 0.25) is 11.7 Å².